The number of nitrogens with one attached hydrogen (secondary N) is 1. The van der Waals surface area contributed by atoms with E-state index in [0.29, 0.717) is 32.3 Å². The summed E-state index contributed by atoms with van der Waals surface area (Å²) < 4.78 is 15.9. The lowest BCUT2D eigenvalue weighted by Gasteiger charge is -2.20. The minimum atomic E-state index is 0.0814. The van der Waals surface area contributed by atoms with Crippen LogP contribution in [0.25, 0.3) is 0 Å². The van der Waals surface area contributed by atoms with Crippen LogP contribution in [0, 0.1) is 0 Å². The lowest BCUT2D eigenvalue weighted by molar-refractivity contribution is 0.0642. The zero-order chi connectivity index (χ0) is 15.6. The summed E-state index contributed by atoms with van der Waals surface area (Å²) in [5.41, 5.74) is 1.07. The maximum atomic E-state index is 5.64. The van der Waals surface area contributed by atoms with Crippen molar-refractivity contribution in [1.29, 1.82) is 0 Å². The monoisotopic (exact) mass is 296 g/mol. The van der Waals surface area contributed by atoms with Crippen molar-refractivity contribution in [3.05, 3.63) is 23.9 Å². The van der Waals surface area contributed by atoms with Gasteiger partial charge in [-0.05, 0) is 26.8 Å². The van der Waals surface area contributed by atoms with Gasteiger partial charge in [-0.2, -0.15) is 0 Å². The first-order chi connectivity index (χ1) is 10.0. The van der Waals surface area contributed by atoms with Crippen molar-refractivity contribution in [1.82, 2.24) is 10.3 Å². The van der Waals surface area contributed by atoms with Gasteiger partial charge in [0.15, 0.2) is 0 Å². The molecule has 1 heterocycles. The fourth-order valence-corrected chi connectivity index (χ4v) is 1.57. The van der Waals surface area contributed by atoms with Gasteiger partial charge in [-0.1, -0.05) is 6.07 Å². The van der Waals surface area contributed by atoms with Gasteiger partial charge in [0.05, 0.1) is 25.5 Å². The number of hydrogen-bond acceptors (Lipinski definition) is 5. The van der Waals surface area contributed by atoms with Crippen LogP contribution in [0.2, 0.25) is 0 Å². The fraction of sp³-hybridized carbons (Fsp3) is 0.688. The Hall–Kier alpha value is -1.17. The van der Waals surface area contributed by atoms with Crippen LogP contribution in [0.3, 0.4) is 0 Å². The van der Waals surface area contributed by atoms with E-state index >= 15 is 0 Å². The molecule has 0 saturated carbocycles. The number of rotatable bonds is 10. The lowest BCUT2D eigenvalue weighted by Crippen LogP contribution is -2.35. The summed E-state index contributed by atoms with van der Waals surface area (Å²) in [4.78, 5) is 4.48. The van der Waals surface area contributed by atoms with E-state index in [-0.39, 0.29) is 5.54 Å². The highest BCUT2D eigenvalue weighted by Crippen LogP contribution is 2.09. The van der Waals surface area contributed by atoms with E-state index < -0.39 is 0 Å². The topological polar surface area (TPSA) is 52.6 Å². The van der Waals surface area contributed by atoms with Crippen LogP contribution in [0.4, 0.5) is 0 Å². The largest absolute Gasteiger partial charge is 0.478 e. The number of methoxy groups -OCH3 is 1. The van der Waals surface area contributed by atoms with Crippen molar-refractivity contribution < 1.29 is 14.2 Å². The van der Waals surface area contributed by atoms with E-state index in [2.05, 4.69) is 31.1 Å². The van der Waals surface area contributed by atoms with Crippen LogP contribution in [0.5, 0.6) is 5.88 Å². The molecule has 0 radical (unpaired) electrons. The number of pyridine rings is 1. The average Bonchev–Trinajstić information content (AvgIpc) is 2.44. The molecule has 1 aromatic rings. The summed E-state index contributed by atoms with van der Waals surface area (Å²) in [5.74, 6) is 0.667. The Morgan fingerprint density at radius 3 is 2.62 bits per heavy atom. The van der Waals surface area contributed by atoms with Crippen molar-refractivity contribution in [3.63, 3.8) is 0 Å². The van der Waals surface area contributed by atoms with Crippen LogP contribution in [-0.2, 0) is 16.0 Å². The molecule has 5 heteroatoms. The van der Waals surface area contributed by atoms with Crippen molar-refractivity contribution in [2.75, 3.05) is 33.5 Å². The van der Waals surface area contributed by atoms with E-state index in [1.165, 1.54) is 0 Å². The molecule has 1 rings (SSSR count). The van der Waals surface area contributed by atoms with Crippen molar-refractivity contribution in [3.8, 4) is 5.88 Å². The summed E-state index contributed by atoms with van der Waals surface area (Å²) in [6.45, 7) is 9.68. The quantitative estimate of drug-likeness (QED) is 0.672. The molecule has 0 atom stereocenters. The molecule has 0 spiro atoms. The SMILES string of the molecule is COCCOCCCOc1cccc(CNC(C)(C)C)n1. The molecule has 0 aromatic carbocycles. The number of ether oxygens (including phenoxy) is 3. The Morgan fingerprint density at radius 1 is 1.10 bits per heavy atom. The minimum Gasteiger partial charge on any atom is -0.478 e. The van der Waals surface area contributed by atoms with Gasteiger partial charge >= 0.3 is 0 Å². The first-order valence-electron chi connectivity index (χ1n) is 7.42. The molecule has 1 aromatic heterocycles. The van der Waals surface area contributed by atoms with Crippen LogP contribution < -0.4 is 10.1 Å². The second kappa shape index (κ2) is 9.71. The molecule has 0 saturated heterocycles. The number of hydrogen-bond donors (Lipinski definition) is 1. The van der Waals surface area contributed by atoms with Gasteiger partial charge in [0.2, 0.25) is 5.88 Å². The zero-order valence-electron chi connectivity index (χ0n) is 13.6. The summed E-state index contributed by atoms with van der Waals surface area (Å²) in [5, 5.41) is 3.41. The van der Waals surface area contributed by atoms with Crippen molar-refractivity contribution in [2.24, 2.45) is 0 Å². The highest BCUT2D eigenvalue weighted by Gasteiger charge is 2.09. The van der Waals surface area contributed by atoms with E-state index in [1.807, 2.05) is 18.2 Å². The van der Waals surface area contributed by atoms with Crippen molar-refractivity contribution >= 4 is 0 Å². The third-order valence-electron chi connectivity index (χ3n) is 2.70. The Kier molecular flexibility index (Phi) is 8.27. The molecule has 5 nitrogen and oxygen atoms in total. The molecule has 0 aliphatic heterocycles. The van der Waals surface area contributed by atoms with Gasteiger partial charge in [0.1, 0.15) is 0 Å². The molecule has 21 heavy (non-hydrogen) atoms. The molecule has 0 amide bonds. The lowest BCUT2D eigenvalue weighted by atomic mass is 10.1. The molecule has 120 valence electrons. The standard InChI is InChI=1S/C16H28N2O3/c1-16(2,3)17-13-14-7-5-8-15(18-14)21-10-6-9-20-12-11-19-4/h5,7-8,17H,6,9-13H2,1-4H3. The van der Waals surface area contributed by atoms with Crippen LogP contribution in [0.1, 0.15) is 32.9 Å². The highest BCUT2D eigenvalue weighted by atomic mass is 16.5. The Balaban J connectivity index is 2.23. The number of nitrogens with zero attached hydrogens (tertiary/aromatic N) is 1. The number of aromatic nitrogens is 1. The predicted molar refractivity (Wildman–Crippen MR) is 83.6 cm³/mol. The first-order valence-corrected chi connectivity index (χ1v) is 7.42. The Labute approximate surface area is 128 Å². The van der Waals surface area contributed by atoms with E-state index in [0.717, 1.165) is 18.7 Å². The maximum absolute atomic E-state index is 5.64. The highest BCUT2D eigenvalue weighted by molar-refractivity contribution is 5.15. The van der Waals surface area contributed by atoms with Gasteiger partial charge in [-0.25, -0.2) is 4.98 Å². The molecular weight excluding hydrogens is 268 g/mol. The predicted octanol–water partition coefficient (Wildman–Crippen LogP) is 2.40. The molecule has 0 aliphatic carbocycles. The maximum Gasteiger partial charge on any atom is 0.213 e. The van der Waals surface area contributed by atoms with E-state index in [4.69, 9.17) is 14.2 Å². The van der Waals surface area contributed by atoms with Gasteiger partial charge in [0.25, 0.3) is 0 Å². The average molecular weight is 296 g/mol. The van der Waals surface area contributed by atoms with E-state index in [1.54, 1.807) is 7.11 Å². The Bertz CT molecular complexity index is 391. The summed E-state index contributed by atoms with van der Waals surface area (Å²) in [6, 6.07) is 5.85. The van der Waals surface area contributed by atoms with Crippen LogP contribution in [0.15, 0.2) is 18.2 Å². The van der Waals surface area contributed by atoms with Crippen LogP contribution >= 0.6 is 0 Å². The molecular formula is C16H28N2O3. The smallest absolute Gasteiger partial charge is 0.213 e. The van der Waals surface area contributed by atoms with Gasteiger partial charge in [0, 0.05) is 38.3 Å². The van der Waals surface area contributed by atoms with E-state index in [9.17, 15) is 0 Å². The zero-order valence-corrected chi connectivity index (χ0v) is 13.6. The molecule has 0 fully saturated rings. The summed E-state index contributed by atoms with van der Waals surface area (Å²) in [6.07, 6.45) is 0.843. The summed E-state index contributed by atoms with van der Waals surface area (Å²) in [7, 11) is 1.67. The second-order valence-electron chi connectivity index (χ2n) is 5.88. The van der Waals surface area contributed by atoms with Gasteiger partial charge in [-0.15, -0.1) is 0 Å². The minimum absolute atomic E-state index is 0.0814. The van der Waals surface area contributed by atoms with Crippen LogP contribution in [-0.4, -0.2) is 44.1 Å². The molecule has 0 unspecified atom stereocenters. The first kappa shape index (κ1) is 17.9. The third-order valence-corrected chi connectivity index (χ3v) is 2.70. The van der Waals surface area contributed by atoms with Crippen molar-refractivity contribution in [2.45, 2.75) is 39.3 Å². The second-order valence-corrected chi connectivity index (χ2v) is 5.88. The normalized spacial score (nSPS) is 11.6. The molecule has 1 N–H and O–H groups in total. The third kappa shape index (κ3) is 9.39. The fourth-order valence-electron chi connectivity index (χ4n) is 1.57. The van der Waals surface area contributed by atoms with Gasteiger partial charge in [-0.3, -0.25) is 0 Å². The Morgan fingerprint density at radius 2 is 1.90 bits per heavy atom. The molecule has 0 bridgehead atoms. The molecule has 0 aliphatic rings. The summed E-state index contributed by atoms with van der Waals surface area (Å²) >= 11 is 0. The van der Waals surface area contributed by atoms with Gasteiger partial charge < -0.3 is 19.5 Å².